The average molecular weight is 438 g/mol. The fraction of sp³-hybridized carbons (Fsp3) is 0.286. The summed E-state index contributed by atoms with van der Waals surface area (Å²) in [5.41, 5.74) is 7.18. The number of nitrogens with two attached hydrogens (primary N) is 1. The molecule has 1 unspecified atom stereocenters. The SMILES string of the molecule is C[C@H](CC(N)CCc1ccc(F)cc1)NS(=O)(=O)c1ccc2cnccc2c1.Cl. The van der Waals surface area contributed by atoms with Gasteiger partial charge in [0.1, 0.15) is 5.82 Å². The molecule has 0 radical (unpaired) electrons. The van der Waals surface area contributed by atoms with Gasteiger partial charge in [0.05, 0.1) is 4.90 Å². The molecule has 2 aromatic carbocycles. The van der Waals surface area contributed by atoms with Crippen molar-refractivity contribution in [3.63, 3.8) is 0 Å². The quantitative estimate of drug-likeness (QED) is 0.561. The topological polar surface area (TPSA) is 85.1 Å². The molecule has 1 aromatic heterocycles. The summed E-state index contributed by atoms with van der Waals surface area (Å²) >= 11 is 0. The lowest BCUT2D eigenvalue weighted by atomic mass is 10.0. The number of hydrogen-bond acceptors (Lipinski definition) is 4. The standard InChI is InChI=1S/C21H24FN3O2S.ClH/c1-15(12-20(23)8-4-16-2-6-19(22)7-3-16)25-28(26,27)21-9-5-18-14-24-11-10-17(18)13-21;/h2-3,5-7,9-11,13-15,20,25H,4,8,12,23H2,1H3;1H/t15-,20?;/m1./s1. The van der Waals surface area contributed by atoms with Crippen LogP contribution in [0.3, 0.4) is 0 Å². The van der Waals surface area contributed by atoms with E-state index in [2.05, 4.69) is 9.71 Å². The molecule has 1 heterocycles. The second-order valence-corrected chi connectivity index (χ2v) is 8.78. The molecule has 0 saturated carbocycles. The Bertz CT molecular complexity index is 1050. The van der Waals surface area contributed by atoms with Crippen molar-refractivity contribution in [1.29, 1.82) is 0 Å². The lowest BCUT2D eigenvalue weighted by Crippen LogP contribution is -2.37. The zero-order chi connectivity index (χ0) is 20.1. The minimum atomic E-state index is -3.64. The van der Waals surface area contributed by atoms with Crippen LogP contribution in [0.4, 0.5) is 4.39 Å². The van der Waals surface area contributed by atoms with E-state index in [1.807, 2.05) is 0 Å². The second-order valence-electron chi connectivity index (χ2n) is 7.07. The number of pyridine rings is 1. The van der Waals surface area contributed by atoms with Gasteiger partial charge in [0.2, 0.25) is 10.0 Å². The minimum absolute atomic E-state index is 0. The molecule has 0 aliphatic rings. The van der Waals surface area contributed by atoms with E-state index in [4.69, 9.17) is 5.73 Å². The van der Waals surface area contributed by atoms with Crippen LogP contribution in [-0.4, -0.2) is 25.5 Å². The van der Waals surface area contributed by atoms with Gasteiger partial charge in [0.15, 0.2) is 0 Å². The van der Waals surface area contributed by atoms with E-state index in [1.165, 1.54) is 12.1 Å². The van der Waals surface area contributed by atoms with Crippen LogP contribution in [0.5, 0.6) is 0 Å². The lowest BCUT2D eigenvalue weighted by Gasteiger charge is -2.19. The Morgan fingerprint density at radius 3 is 2.55 bits per heavy atom. The van der Waals surface area contributed by atoms with Gasteiger partial charge in [-0.05, 0) is 67.5 Å². The largest absolute Gasteiger partial charge is 0.328 e. The van der Waals surface area contributed by atoms with Crippen LogP contribution in [0, 0.1) is 5.82 Å². The third kappa shape index (κ3) is 6.47. The summed E-state index contributed by atoms with van der Waals surface area (Å²) < 4.78 is 41.0. The number of hydrogen-bond donors (Lipinski definition) is 2. The van der Waals surface area contributed by atoms with Crippen molar-refractivity contribution >= 4 is 33.2 Å². The predicted molar refractivity (Wildman–Crippen MR) is 116 cm³/mol. The Morgan fingerprint density at radius 1 is 1.10 bits per heavy atom. The van der Waals surface area contributed by atoms with Crippen molar-refractivity contribution in [3.8, 4) is 0 Å². The van der Waals surface area contributed by atoms with Crippen molar-refractivity contribution < 1.29 is 12.8 Å². The number of benzene rings is 2. The Kier molecular flexibility index (Phi) is 8.10. The molecule has 0 amide bonds. The van der Waals surface area contributed by atoms with Gasteiger partial charge in [-0.1, -0.05) is 18.2 Å². The van der Waals surface area contributed by atoms with Gasteiger partial charge in [-0.3, -0.25) is 4.98 Å². The highest BCUT2D eigenvalue weighted by molar-refractivity contribution is 7.89. The Hall–Kier alpha value is -2.06. The van der Waals surface area contributed by atoms with Crippen LogP contribution in [0.1, 0.15) is 25.3 Å². The molecule has 3 aromatic rings. The fourth-order valence-corrected chi connectivity index (χ4v) is 4.48. The van der Waals surface area contributed by atoms with Crippen LogP contribution in [0.25, 0.3) is 10.8 Å². The molecule has 0 bridgehead atoms. The van der Waals surface area contributed by atoms with Crippen LogP contribution in [0.2, 0.25) is 0 Å². The predicted octanol–water partition coefficient (Wildman–Crippen LogP) is 3.81. The maximum atomic E-state index is 12.9. The number of fused-ring (bicyclic) bond motifs is 1. The van der Waals surface area contributed by atoms with Gasteiger partial charge in [0.25, 0.3) is 0 Å². The zero-order valence-electron chi connectivity index (χ0n) is 16.1. The van der Waals surface area contributed by atoms with E-state index in [9.17, 15) is 12.8 Å². The molecule has 0 spiro atoms. The van der Waals surface area contributed by atoms with E-state index in [0.717, 1.165) is 22.8 Å². The Labute approximate surface area is 177 Å². The summed E-state index contributed by atoms with van der Waals surface area (Å²) in [5.74, 6) is -0.263. The normalized spacial score (nSPS) is 13.6. The molecule has 0 aliphatic heterocycles. The van der Waals surface area contributed by atoms with Crippen molar-refractivity contribution in [1.82, 2.24) is 9.71 Å². The number of nitrogens with zero attached hydrogens (tertiary/aromatic N) is 1. The van der Waals surface area contributed by atoms with Crippen LogP contribution < -0.4 is 10.5 Å². The highest BCUT2D eigenvalue weighted by Gasteiger charge is 2.19. The monoisotopic (exact) mass is 437 g/mol. The summed E-state index contributed by atoms with van der Waals surface area (Å²) in [7, 11) is -3.64. The summed E-state index contributed by atoms with van der Waals surface area (Å²) in [4.78, 5) is 4.25. The average Bonchev–Trinajstić information content (AvgIpc) is 2.66. The van der Waals surface area contributed by atoms with Gasteiger partial charge >= 0.3 is 0 Å². The molecular formula is C21H25ClFN3O2S. The molecule has 3 rings (SSSR count). The maximum Gasteiger partial charge on any atom is 0.240 e. The highest BCUT2D eigenvalue weighted by atomic mass is 35.5. The van der Waals surface area contributed by atoms with E-state index in [1.54, 1.807) is 55.7 Å². The smallest absolute Gasteiger partial charge is 0.240 e. The van der Waals surface area contributed by atoms with Crippen molar-refractivity contribution in [3.05, 3.63) is 72.3 Å². The second kappa shape index (κ2) is 10.1. The molecule has 0 aliphatic carbocycles. The minimum Gasteiger partial charge on any atom is -0.328 e. The molecule has 3 N–H and O–H groups in total. The lowest BCUT2D eigenvalue weighted by molar-refractivity contribution is 0.484. The molecule has 29 heavy (non-hydrogen) atoms. The molecule has 0 saturated heterocycles. The summed E-state index contributed by atoms with van der Waals surface area (Å²) in [6, 6.07) is 12.6. The molecular weight excluding hydrogens is 413 g/mol. The van der Waals surface area contributed by atoms with E-state index in [-0.39, 0.29) is 35.2 Å². The molecule has 8 heteroatoms. The molecule has 0 fully saturated rings. The van der Waals surface area contributed by atoms with Crippen molar-refractivity contribution in [2.24, 2.45) is 5.73 Å². The van der Waals surface area contributed by atoms with Crippen molar-refractivity contribution in [2.45, 2.75) is 43.2 Å². The van der Waals surface area contributed by atoms with Crippen LogP contribution >= 0.6 is 12.4 Å². The first-order valence-electron chi connectivity index (χ1n) is 9.19. The van der Waals surface area contributed by atoms with E-state index in [0.29, 0.717) is 12.8 Å². The van der Waals surface area contributed by atoms with Gasteiger partial charge in [-0.15, -0.1) is 12.4 Å². The summed E-state index contributed by atoms with van der Waals surface area (Å²) in [6.07, 6.45) is 5.26. The van der Waals surface area contributed by atoms with Gasteiger partial charge in [-0.25, -0.2) is 17.5 Å². The van der Waals surface area contributed by atoms with Crippen LogP contribution in [-0.2, 0) is 16.4 Å². The highest BCUT2D eigenvalue weighted by Crippen LogP contribution is 2.19. The first-order valence-corrected chi connectivity index (χ1v) is 10.7. The fourth-order valence-electron chi connectivity index (χ4n) is 3.18. The third-order valence-electron chi connectivity index (χ3n) is 4.65. The van der Waals surface area contributed by atoms with Gasteiger partial charge in [-0.2, -0.15) is 0 Å². The van der Waals surface area contributed by atoms with Crippen LogP contribution in [0.15, 0.2) is 65.8 Å². The number of halogens is 2. The number of aryl methyl sites for hydroxylation is 1. The zero-order valence-corrected chi connectivity index (χ0v) is 17.7. The Balaban J connectivity index is 0.00000300. The molecule has 156 valence electrons. The summed E-state index contributed by atoms with van der Waals surface area (Å²) in [6.45, 7) is 1.81. The van der Waals surface area contributed by atoms with Crippen molar-refractivity contribution in [2.75, 3.05) is 0 Å². The third-order valence-corrected chi connectivity index (χ3v) is 6.24. The van der Waals surface area contributed by atoms with E-state index >= 15 is 0 Å². The number of aromatic nitrogens is 1. The number of sulfonamides is 1. The maximum absolute atomic E-state index is 12.9. The number of rotatable bonds is 8. The summed E-state index contributed by atoms with van der Waals surface area (Å²) in [5, 5.41) is 1.71. The molecule has 5 nitrogen and oxygen atoms in total. The van der Waals surface area contributed by atoms with Gasteiger partial charge in [0, 0.05) is 29.9 Å². The first kappa shape index (κ1) is 23.2. The van der Waals surface area contributed by atoms with Gasteiger partial charge < -0.3 is 5.73 Å². The number of nitrogens with one attached hydrogen (secondary N) is 1. The first-order chi connectivity index (χ1) is 13.3. The Morgan fingerprint density at radius 2 is 1.83 bits per heavy atom. The van der Waals surface area contributed by atoms with E-state index < -0.39 is 10.0 Å². The molecule has 2 atom stereocenters.